The molecule has 0 fully saturated rings. The highest BCUT2D eigenvalue weighted by atomic mass is 15.2. The maximum Gasteiger partial charge on any atom is 0.221 e. The molecule has 8 aromatic carbocycles. The van der Waals surface area contributed by atoms with Gasteiger partial charge < -0.3 is 0 Å². The summed E-state index contributed by atoms with van der Waals surface area (Å²) in [6, 6.07) is 53.2. The lowest BCUT2D eigenvalue weighted by molar-refractivity contribution is 0.661. The largest absolute Gasteiger partial charge is 0.279 e. The zero-order valence-corrected chi connectivity index (χ0v) is 28.1. The molecule has 12 rings (SSSR count). The van der Waals surface area contributed by atoms with Gasteiger partial charge in [0, 0.05) is 21.6 Å². The van der Waals surface area contributed by atoms with Crippen molar-refractivity contribution in [2.75, 3.05) is 0 Å². The minimum absolute atomic E-state index is 0.146. The lowest BCUT2D eigenvalue weighted by Gasteiger charge is -2.21. The molecule has 238 valence electrons. The molecule has 0 radical (unpaired) electrons. The number of hydrogen-bond acceptors (Lipinski definition) is 2. The average Bonchev–Trinajstić information content (AvgIpc) is 3.79. The minimum atomic E-state index is -0.146. The van der Waals surface area contributed by atoms with E-state index in [0.717, 1.165) is 44.6 Å². The van der Waals surface area contributed by atoms with E-state index in [1.807, 2.05) is 0 Å². The van der Waals surface area contributed by atoms with Crippen LogP contribution in [0.4, 0.5) is 0 Å². The molecule has 0 unspecified atom stereocenters. The molecular formula is C47H30N4. The number of rotatable bonds is 1. The second-order valence-corrected chi connectivity index (χ2v) is 14.6. The quantitative estimate of drug-likeness (QED) is 0.166. The van der Waals surface area contributed by atoms with E-state index < -0.39 is 0 Å². The van der Waals surface area contributed by atoms with Gasteiger partial charge in [-0.25, -0.2) is 9.97 Å². The Hall–Kier alpha value is -6.52. The van der Waals surface area contributed by atoms with Gasteiger partial charge in [-0.3, -0.25) is 8.97 Å². The van der Waals surface area contributed by atoms with Crippen LogP contribution in [-0.4, -0.2) is 18.9 Å². The van der Waals surface area contributed by atoms with Gasteiger partial charge in [-0.2, -0.15) is 0 Å². The summed E-state index contributed by atoms with van der Waals surface area (Å²) in [5.41, 5.74) is 11.3. The van der Waals surface area contributed by atoms with Crippen molar-refractivity contribution in [2.24, 2.45) is 0 Å². The predicted octanol–water partition coefficient (Wildman–Crippen LogP) is 11.9. The van der Waals surface area contributed by atoms with Gasteiger partial charge in [0.15, 0.2) is 0 Å². The van der Waals surface area contributed by atoms with Gasteiger partial charge in [0.25, 0.3) is 0 Å². The lowest BCUT2D eigenvalue weighted by Crippen LogP contribution is -2.15. The Morgan fingerprint density at radius 3 is 1.75 bits per heavy atom. The molecular weight excluding hydrogens is 621 g/mol. The van der Waals surface area contributed by atoms with E-state index in [9.17, 15) is 0 Å². The third-order valence-corrected chi connectivity index (χ3v) is 11.7. The van der Waals surface area contributed by atoms with Crippen LogP contribution in [0.5, 0.6) is 0 Å². The van der Waals surface area contributed by atoms with E-state index in [0.29, 0.717) is 0 Å². The Bertz CT molecular complexity index is 3340. The summed E-state index contributed by atoms with van der Waals surface area (Å²) in [4.78, 5) is 10.7. The van der Waals surface area contributed by atoms with Crippen molar-refractivity contribution < 1.29 is 0 Å². The normalized spacial score (nSPS) is 13.8. The number of para-hydroxylation sites is 3. The number of hydrogen-bond donors (Lipinski definition) is 0. The van der Waals surface area contributed by atoms with Crippen molar-refractivity contribution in [2.45, 2.75) is 19.3 Å². The fourth-order valence-corrected chi connectivity index (χ4v) is 9.30. The Morgan fingerprint density at radius 1 is 0.412 bits per heavy atom. The van der Waals surface area contributed by atoms with E-state index in [4.69, 9.17) is 9.97 Å². The van der Waals surface area contributed by atoms with Crippen molar-refractivity contribution in [3.8, 4) is 17.1 Å². The summed E-state index contributed by atoms with van der Waals surface area (Å²) in [5.74, 6) is 0.843. The van der Waals surface area contributed by atoms with E-state index in [2.05, 4.69) is 168 Å². The molecule has 0 saturated heterocycles. The number of benzene rings is 8. The van der Waals surface area contributed by atoms with Gasteiger partial charge in [0.2, 0.25) is 5.95 Å². The van der Waals surface area contributed by atoms with Crippen LogP contribution in [-0.2, 0) is 5.41 Å². The molecule has 0 aliphatic heterocycles. The SMILES string of the molecule is CC1(C)c2ccccc2-c2cc3c4cc5c6ccccc6c6ccccc6c5cc4n(-c4nc5ccccc5c5nc6ccccc6n45)c3cc21. The van der Waals surface area contributed by atoms with Gasteiger partial charge in [-0.1, -0.05) is 111 Å². The van der Waals surface area contributed by atoms with Crippen LogP contribution in [0.2, 0.25) is 0 Å². The summed E-state index contributed by atoms with van der Waals surface area (Å²) in [5, 5.41) is 11.1. The van der Waals surface area contributed by atoms with Gasteiger partial charge in [-0.15, -0.1) is 0 Å². The van der Waals surface area contributed by atoms with Crippen LogP contribution < -0.4 is 0 Å². The van der Waals surface area contributed by atoms with Crippen molar-refractivity contribution in [3.05, 3.63) is 157 Å². The molecule has 3 aromatic heterocycles. The number of fused-ring (bicyclic) bond motifs is 17. The lowest BCUT2D eigenvalue weighted by atomic mass is 9.82. The molecule has 51 heavy (non-hydrogen) atoms. The molecule has 11 aromatic rings. The van der Waals surface area contributed by atoms with Gasteiger partial charge in [-0.05, 0) is 103 Å². The Balaban J connectivity index is 1.34. The molecule has 0 amide bonds. The zero-order valence-electron chi connectivity index (χ0n) is 28.1. The zero-order chi connectivity index (χ0) is 33.6. The van der Waals surface area contributed by atoms with Crippen LogP contribution in [0.15, 0.2) is 146 Å². The fraction of sp³-hybridized carbons (Fsp3) is 0.0638. The highest BCUT2D eigenvalue weighted by Gasteiger charge is 2.36. The summed E-state index contributed by atoms with van der Waals surface area (Å²) in [6.45, 7) is 4.72. The molecule has 3 heterocycles. The van der Waals surface area contributed by atoms with Crippen LogP contribution in [0.3, 0.4) is 0 Å². The molecule has 0 bridgehead atoms. The van der Waals surface area contributed by atoms with Crippen LogP contribution in [0, 0.1) is 0 Å². The fourth-order valence-electron chi connectivity index (χ4n) is 9.30. The predicted molar refractivity (Wildman–Crippen MR) is 212 cm³/mol. The molecule has 0 spiro atoms. The van der Waals surface area contributed by atoms with Gasteiger partial charge in [0.05, 0.1) is 27.6 Å². The minimum Gasteiger partial charge on any atom is -0.279 e. The molecule has 4 nitrogen and oxygen atoms in total. The highest BCUT2D eigenvalue weighted by molar-refractivity contribution is 6.29. The number of nitrogens with zero attached hydrogens (tertiary/aromatic N) is 4. The second-order valence-electron chi connectivity index (χ2n) is 14.6. The van der Waals surface area contributed by atoms with E-state index in [-0.39, 0.29) is 5.41 Å². The maximum atomic E-state index is 5.52. The highest BCUT2D eigenvalue weighted by Crippen LogP contribution is 2.51. The van der Waals surface area contributed by atoms with Crippen LogP contribution in [0.1, 0.15) is 25.0 Å². The number of aromatic nitrogens is 4. The second kappa shape index (κ2) is 9.38. The maximum absolute atomic E-state index is 5.52. The molecule has 1 aliphatic carbocycles. The van der Waals surface area contributed by atoms with Crippen molar-refractivity contribution >= 4 is 81.7 Å². The summed E-state index contributed by atoms with van der Waals surface area (Å²) < 4.78 is 4.69. The molecule has 0 N–H and O–H groups in total. The van der Waals surface area contributed by atoms with E-state index >= 15 is 0 Å². The third-order valence-electron chi connectivity index (χ3n) is 11.7. The van der Waals surface area contributed by atoms with Crippen molar-refractivity contribution in [3.63, 3.8) is 0 Å². The van der Waals surface area contributed by atoms with E-state index in [1.54, 1.807) is 0 Å². The topological polar surface area (TPSA) is 35.1 Å². The first kappa shape index (κ1) is 27.3. The average molecular weight is 651 g/mol. The Morgan fingerprint density at radius 2 is 0.980 bits per heavy atom. The monoisotopic (exact) mass is 650 g/mol. The van der Waals surface area contributed by atoms with Crippen molar-refractivity contribution in [1.29, 1.82) is 0 Å². The Kier molecular flexibility index (Phi) is 5.02. The Labute approximate surface area is 292 Å². The van der Waals surface area contributed by atoms with Gasteiger partial charge in [0.1, 0.15) is 5.65 Å². The first-order valence-corrected chi connectivity index (χ1v) is 17.7. The summed E-state index contributed by atoms with van der Waals surface area (Å²) in [6.07, 6.45) is 0. The first-order chi connectivity index (χ1) is 25.1. The van der Waals surface area contributed by atoms with Crippen LogP contribution >= 0.6 is 0 Å². The van der Waals surface area contributed by atoms with Crippen LogP contribution in [0.25, 0.3) is 98.8 Å². The smallest absolute Gasteiger partial charge is 0.221 e. The molecule has 0 atom stereocenters. The van der Waals surface area contributed by atoms with Crippen molar-refractivity contribution in [1.82, 2.24) is 18.9 Å². The first-order valence-electron chi connectivity index (χ1n) is 17.7. The number of imidazole rings is 1. The molecule has 0 saturated carbocycles. The van der Waals surface area contributed by atoms with E-state index in [1.165, 1.54) is 65.3 Å². The standard InChI is InChI=1S/C47H30N4/c1-47(2)38-19-9-7-17-31(38)35-24-37-36-23-33-29-15-5-3-13-27(29)28-14-4-6-16-30(28)34(33)25-43(36)50(44(37)26-39(35)47)46-49-40-20-10-8-18-32(40)45-48-41-21-11-12-22-42(41)51(45)46/h3-26H,1-2H3. The van der Waals surface area contributed by atoms with Gasteiger partial charge >= 0.3 is 0 Å². The molecule has 1 aliphatic rings. The molecule has 4 heteroatoms. The summed E-state index contributed by atoms with van der Waals surface area (Å²) in [7, 11) is 0. The third kappa shape index (κ3) is 3.39. The summed E-state index contributed by atoms with van der Waals surface area (Å²) >= 11 is 0.